The molecule has 1 atom stereocenters. The molecule has 1 aromatic rings. The molecule has 85 valence electrons. The van der Waals surface area contributed by atoms with Crippen molar-refractivity contribution in [1.29, 1.82) is 0 Å². The lowest BCUT2D eigenvalue weighted by Gasteiger charge is -2.17. The number of benzene rings is 1. The molecule has 0 fully saturated rings. The summed E-state index contributed by atoms with van der Waals surface area (Å²) >= 11 is 0. The lowest BCUT2D eigenvalue weighted by Crippen LogP contribution is -2.21. The van der Waals surface area contributed by atoms with Gasteiger partial charge in [-0.25, -0.2) is 0 Å². The Morgan fingerprint density at radius 3 is 2.88 bits per heavy atom. The molecule has 16 heavy (non-hydrogen) atoms. The molecular formula is C14H17O2. The van der Waals surface area contributed by atoms with Gasteiger partial charge in [0.25, 0.3) is 0 Å². The van der Waals surface area contributed by atoms with Gasteiger partial charge in [-0.15, -0.1) is 0 Å². The summed E-state index contributed by atoms with van der Waals surface area (Å²) in [6.07, 6.45) is 2.04. The van der Waals surface area contributed by atoms with Gasteiger partial charge in [0.2, 0.25) is 0 Å². The van der Waals surface area contributed by atoms with Gasteiger partial charge in [-0.2, -0.15) is 0 Å². The average molecular weight is 217 g/mol. The van der Waals surface area contributed by atoms with E-state index in [1.807, 2.05) is 19.9 Å². The normalized spacial score (nSPS) is 16.9. The Kier molecular flexibility index (Phi) is 3.28. The first kappa shape index (κ1) is 11.2. The largest absolute Gasteiger partial charge is 0.466 e. The molecular weight excluding hydrogens is 200 g/mol. The summed E-state index contributed by atoms with van der Waals surface area (Å²) in [6.45, 7) is 4.24. The van der Waals surface area contributed by atoms with Crippen LogP contribution in [-0.2, 0) is 16.0 Å². The van der Waals surface area contributed by atoms with Gasteiger partial charge in [-0.1, -0.05) is 31.2 Å². The maximum Gasteiger partial charge on any atom is 0.309 e. The minimum atomic E-state index is -0.108. The highest BCUT2D eigenvalue weighted by atomic mass is 16.5. The van der Waals surface area contributed by atoms with Crippen molar-refractivity contribution in [2.24, 2.45) is 5.92 Å². The van der Waals surface area contributed by atoms with Crippen molar-refractivity contribution in [3.8, 4) is 0 Å². The van der Waals surface area contributed by atoms with Gasteiger partial charge in [-0.05, 0) is 30.9 Å². The van der Waals surface area contributed by atoms with Gasteiger partial charge in [-0.3, -0.25) is 4.79 Å². The molecule has 1 radical (unpaired) electrons. The number of aryl methyl sites for hydroxylation is 1. The fourth-order valence-corrected chi connectivity index (χ4v) is 2.31. The highest BCUT2D eigenvalue weighted by Crippen LogP contribution is 2.37. The summed E-state index contributed by atoms with van der Waals surface area (Å²) < 4.78 is 5.07. The molecule has 1 unspecified atom stereocenters. The monoisotopic (exact) mass is 217 g/mol. The predicted molar refractivity (Wildman–Crippen MR) is 62.9 cm³/mol. The van der Waals surface area contributed by atoms with Crippen molar-refractivity contribution in [3.63, 3.8) is 0 Å². The van der Waals surface area contributed by atoms with E-state index in [0.29, 0.717) is 6.61 Å². The SMILES string of the molecule is CCOC(=O)C(C)[C]1CCc2ccccc21. The number of carbonyl (C=O) groups excluding carboxylic acids is 1. The average Bonchev–Trinajstić information content (AvgIpc) is 2.72. The van der Waals surface area contributed by atoms with Crippen LogP contribution in [0.5, 0.6) is 0 Å². The van der Waals surface area contributed by atoms with Crippen LogP contribution in [0.2, 0.25) is 0 Å². The standard InChI is InChI=1S/C14H17O2/c1-3-16-14(15)10(2)12-9-8-11-6-4-5-7-13(11)12/h4-7,10H,3,8-9H2,1-2H3. The number of fused-ring (bicyclic) bond motifs is 1. The first-order valence-corrected chi connectivity index (χ1v) is 5.84. The van der Waals surface area contributed by atoms with E-state index in [9.17, 15) is 4.79 Å². The fraction of sp³-hybridized carbons (Fsp3) is 0.429. The Labute approximate surface area is 96.6 Å². The smallest absolute Gasteiger partial charge is 0.309 e. The third-order valence-electron chi connectivity index (χ3n) is 3.19. The van der Waals surface area contributed by atoms with Crippen molar-refractivity contribution in [3.05, 3.63) is 41.3 Å². The minimum absolute atomic E-state index is 0.103. The van der Waals surface area contributed by atoms with E-state index in [0.717, 1.165) is 12.8 Å². The molecule has 0 saturated carbocycles. The van der Waals surface area contributed by atoms with Gasteiger partial charge in [0, 0.05) is 5.92 Å². The van der Waals surface area contributed by atoms with Gasteiger partial charge >= 0.3 is 5.97 Å². The van der Waals surface area contributed by atoms with E-state index >= 15 is 0 Å². The van der Waals surface area contributed by atoms with Gasteiger partial charge in [0.1, 0.15) is 0 Å². The minimum Gasteiger partial charge on any atom is -0.466 e. The summed E-state index contributed by atoms with van der Waals surface area (Å²) in [5.74, 6) is 1.02. The van der Waals surface area contributed by atoms with Crippen LogP contribution in [0.3, 0.4) is 0 Å². The van der Waals surface area contributed by atoms with Crippen molar-refractivity contribution in [1.82, 2.24) is 0 Å². The Hall–Kier alpha value is -1.31. The Morgan fingerprint density at radius 2 is 2.12 bits per heavy atom. The molecule has 2 rings (SSSR count). The first-order chi connectivity index (χ1) is 7.74. The van der Waals surface area contributed by atoms with E-state index in [2.05, 4.69) is 18.2 Å². The Morgan fingerprint density at radius 1 is 1.38 bits per heavy atom. The summed E-state index contributed by atoms with van der Waals surface area (Å²) in [6, 6.07) is 8.33. The highest BCUT2D eigenvalue weighted by Gasteiger charge is 2.32. The molecule has 0 aromatic heterocycles. The zero-order valence-corrected chi connectivity index (χ0v) is 9.82. The molecule has 1 aliphatic carbocycles. The molecule has 0 N–H and O–H groups in total. The number of hydrogen-bond acceptors (Lipinski definition) is 2. The number of carbonyl (C=O) groups is 1. The van der Waals surface area contributed by atoms with E-state index < -0.39 is 0 Å². The summed E-state index contributed by atoms with van der Waals surface area (Å²) in [7, 11) is 0. The number of ether oxygens (including phenoxy) is 1. The zero-order valence-electron chi connectivity index (χ0n) is 9.82. The van der Waals surface area contributed by atoms with Gasteiger partial charge in [0.05, 0.1) is 12.5 Å². The summed E-state index contributed by atoms with van der Waals surface area (Å²) in [4.78, 5) is 11.7. The van der Waals surface area contributed by atoms with Gasteiger partial charge in [0.15, 0.2) is 0 Å². The molecule has 1 aliphatic rings. The third-order valence-corrected chi connectivity index (χ3v) is 3.19. The van der Waals surface area contributed by atoms with Crippen LogP contribution in [0.15, 0.2) is 24.3 Å². The predicted octanol–water partition coefficient (Wildman–Crippen LogP) is 2.75. The maximum atomic E-state index is 11.7. The van der Waals surface area contributed by atoms with E-state index in [4.69, 9.17) is 4.74 Å². The first-order valence-electron chi connectivity index (χ1n) is 5.84. The number of hydrogen-bond donors (Lipinski definition) is 0. The van der Waals surface area contributed by atoms with Crippen LogP contribution < -0.4 is 0 Å². The van der Waals surface area contributed by atoms with Gasteiger partial charge < -0.3 is 4.74 Å². The van der Waals surface area contributed by atoms with Crippen LogP contribution >= 0.6 is 0 Å². The third kappa shape index (κ3) is 1.97. The van der Waals surface area contributed by atoms with E-state index in [-0.39, 0.29) is 11.9 Å². The molecule has 2 nitrogen and oxygen atoms in total. The fourth-order valence-electron chi connectivity index (χ4n) is 2.31. The van der Waals surface area contributed by atoms with Crippen molar-refractivity contribution in [2.45, 2.75) is 26.7 Å². The van der Waals surface area contributed by atoms with E-state index in [1.54, 1.807) is 0 Å². The maximum absolute atomic E-state index is 11.7. The molecule has 0 heterocycles. The second-order valence-electron chi connectivity index (χ2n) is 4.16. The van der Waals surface area contributed by atoms with Crippen LogP contribution in [-0.4, -0.2) is 12.6 Å². The molecule has 0 aliphatic heterocycles. The van der Waals surface area contributed by atoms with Crippen molar-refractivity contribution in [2.75, 3.05) is 6.61 Å². The lowest BCUT2D eigenvalue weighted by atomic mass is 9.89. The molecule has 0 bridgehead atoms. The second-order valence-corrected chi connectivity index (χ2v) is 4.16. The number of rotatable bonds is 3. The molecule has 0 spiro atoms. The van der Waals surface area contributed by atoms with E-state index in [1.165, 1.54) is 17.0 Å². The Balaban J connectivity index is 2.15. The zero-order chi connectivity index (χ0) is 11.5. The van der Waals surface area contributed by atoms with Crippen LogP contribution in [0.4, 0.5) is 0 Å². The molecule has 2 heteroatoms. The lowest BCUT2D eigenvalue weighted by molar-refractivity contribution is -0.146. The summed E-state index contributed by atoms with van der Waals surface area (Å²) in [5, 5.41) is 0. The molecule has 0 saturated heterocycles. The van der Waals surface area contributed by atoms with Crippen molar-refractivity contribution >= 4 is 5.97 Å². The van der Waals surface area contributed by atoms with Crippen LogP contribution in [0.25, 0.3) is 0 Å². The quantitative estimate of drug-likeness (QED) is 0.728. The Bertz CT molecular complexity index is 384. The molecule has 0 amide bonds. The summed E-state index contributed by atoms with van der Waals surface area (Å²) in [5.41, 5.74) is 2.61. The second kappa shape index (κ2) is 4.69. The van der Waals surface area contributed by atoms with Crippen LogP contribution in [0.1, 0.15) is 31.4 Å². The van der Waals surface area contributed by atoms with Crippen molar-refractivity contribution < 1.29 is 9.53 Å². The topological polar surface area (TPSA) is 26.3 Å². The highest BCUT2D eigenvalue weighted by molar-refractivity contribution is 5.76. The number of esters is 1. The van der Waals surface area contributed by atoms with Crippen LogP contribution in [0, 0.1) is 11.8 Å². The molecule has 1 aromatic carbocycles.